The smallest absolute Gasteiger partial charge is 0.224 e. The Morgan fingerprint density at radius 2 is 2.31 bits per heavy atom. The molecule has 1 atom stereocenters. The monoisotopic (exact) mass is 264 g/mol. The number of carbonyl (C=O) groups is 1. The number of halogens is 1. The van der Waals surface area contributed by atoms with Crippen molar-refractivity contribution in [3.8, 4) is 0 Å². The van der Waals surface area contributed by atoms with Gasteiger partial charge in [0.1, 0.15) is 0 Å². The molecule has 0 aliphatic carbocycles. The van der Waals surface area contributed by atoms with Gasteiger partial charge in [0.05, 0.1) is 6.04 Å². The summed E-state index contributed by atoms with van der Waals surface area (Å²) in [5, 5.41) is 0. The summed E-state index contributed by atoms with van der Waals surface area (Å²) in [6.07, 6.45) is 1.57. The molecule has 1 unspecified atom stereocenters. The van der Waals surface area contributed by atoms with E-state index in [0.29, 0.717) is 18.3 Å². The molecule has 0 bridgehead atoms. The van der Waals surface area contributed by atoms with Gasteiger partial charge in [-0.3, -0.25) is 4.79 Å². The number of likely N-dealkylation sites (N-methyl/N-ethyl adjacent to an activating group) is 1. The molecule has 1 heterocycles. The SMILES string of the molecule is CN(C)CC1CSCCCN1C(=O)CCCl. The highest BCUT2D eigenvalue weighted by molar-refractivity contribution is 7.99. The fourth-order valence-corrected chi connectivity index (χ4v) is 3.17. The minimum Gasteiger partial charge on any atom is -0.338 e. The van der Waals surface area contributed by atoms with Crippen LogP contribution in [-0.4, -0.2) is 66.3 Å². The summed E-state index contributed by atoms with van der Waals surface area (Å²) in [6, 6.07) is 0.346. The minimum absolute atomic E-state index is 0.212. The molecule has 16 heavy (non-hydrogen) atoms. The molecule has 1 aliphatic rings. The number of amides is 1. The summed E-state index contributed by atoms with van der Waals surface area (Å²) in [7, 11) is 4.11. The lowest BCUT2D eigenvalue weighted by atomic mass is 10.2. The average molecular weight is 265 g/mol. The summed E-state index contributed by atoms with van der Waals surface area (Å²) in [4.78, 5) is 16.1. The van der Waals surface area contributed by atoms with Gasteiger partial charge in [-0.1, -0.05) is 0 Å². The Labute approximate surface area is 107 Å². The molecule has 1 saturated heterocycles. The van der Waals surface area contributed by atoms with Crippen LogP contribution in [0.15, 0.2) is 0 Å². The van der Waals surface area contributed by atoms with Gasteiger partial charge in [0, 0.05) is 31.1 Å². The molecule has 1 aliphatic heterocycles. The third-order valence-electron chi connectivity index (χ3n) is 2.64. The number of nitrogens with zero attached hydrogens (tertiary/aromatic N) is 2. The molecule has 3 nitrogen and oxygen atoms in total. The second kappa shape index (κ2) is 7.41. The van der Waals surface area contributed by atoms with Crippen molar-refractivity contribution >= 4 is 29.3 Å². The Kier molecular flexibility index (Phi) is 6.54. The molecule has 0 aromatic heterocycles. The topological polar surface area (TPSA) is 23.6 Å². The van der Waals surface area contributed by atoms with Gasteiger partial charge in [-0.05, 0) is 26.3 Å². The Morgan fingerprint density at radius 1 is 1.56 bits per heavy atom. The molecule has 0 aromatic rings. The first kappa shape index (κ1) is 14.1. The first-order valence-electron chi connectivity index (χ1n) is 5.73. The zero-order valence-electron chi connectivity index (χ0n) is 10.1. The van der Waals surface area contributed by atoms with Gasteiger partial charge in [0.2, 0.25) is 5.91 Å². The van der Waals surface area contributed by atoms with E-state index in [0.717, 1.165) is 31.0 Å². The van der Waals surface area contributed by atoms with Crippen LogP contribution < -0.4 is 0 Å². The Hall–Kier alpha value is 0.0700. The van der Waals surface area contributed by atoms with E-state index in [2.05, 4.69) is 19.0 Å². The largest absolute Gasteiger partial charge is 0.338 e. The van der Waals surface area contributed by atoms with Crippen molar-refractivity contribution < 1.29 is 4.79 Å². The molecule has 0 radical (unpaired) electrons. The lowest BCUT2D eigenvalue weighted by Gasteiger charge is -2.31. The second-order valence-corrected chi connectivity index (χ2v) is 5.90. The zero-order valence-corrected chi connectivity index (χ0v) is 11.7. The van der Waals surface area contributed by atoms with Crippen LogP contribution in [0.25, 0.3) is 0 Å². The van der Waals surface area contributed by atoms with Crippen molar-refractivity contribution in [1.29, 1.82) is 0 Å². The average Bonchev–Trinajstić information content (AvgIpc) is 2.43. The minimum atomic E-state index is 0.212. The lowest BCUT2D eigenvalue weighted by molar-refractivity contribution is -0.132. The van der Waals surface area contributed by atoms with Crippen molar-refractivity contribution in [3.63, 3.8) is 0 Å². The maximum atomic E-state index is 12.0. The second-order valence-electron chi connectivity index (χ2n) is 4.37. The molecule has 1 fully saturated rings. The van der Waals surface area contributed by atoms with Gasteiger partial charge in [0.25, 0.3) is 0 Å². The Bertz CT molecular complexity index is 226. The number of hydrogen-bond acceptors (Lipinski definition) is 3. The highest BCUT2D eigenvalue weighted by atomic mass is 35.5. The Morgan fingerprint density at radius 3 is 2.94 bits per heavy atom. The molecule has 1 amide bonds. The highest BCUT2D eigenvalue weighted by Gasteiger charge is 2.25. The summed E-state index contributed by atoms with van der Waals surface area (Å²) < 4.78 is 0. The third kappa shape index (κ3) is 4.52. The zero-order chi connectivity index (χ0) is 12.0. The van der Waals surface area contributed by atoms with Crippen molar-refractivity contribution in [2.45, 2.75) is 18.9 Å². The summed E-state index contributed by atoms with van der Waals surface area (Å²) in [6.45, 7) is 1.84. The van der Waals surface area contributed by atoms with Crippen LogP contribution in [0.2, 0.25) is 0 Å². The van der Waals surface area contributed by atoms with Crippen molar-refractivity contribution in [3.05, 3.63) is 0 Å². The van der Waals surface area contributed by atoms with Gasteiger partial charge in [0.15, 0.2) is 0 Å². The molecule has 5 heteroatoms. The van der Waals surface area contributed by atoms with E-state index in [-0.39, 0.29) is 5.91 Å². The van der Waals surface area contributed by atoms with E-state index in [1.807, 2.05) is 16.7 Å². The number of thioether (sulfide) groups is 1. The standard InChI is InChI=1S/C11H21ClN2OS/c1-13(2)8-10-9-16-7-3-6-14(10)11(15)4-5-12/h10H,3-9H2,1-2H3. The molecule has 0 saturated carbocycles. The van der Waals surface area contributed by atoms with Crippen LogP contribution in [0, 0.1) is 0 Å². The number of alkyl halides is 1. The molecule has 1 rings (SSSR count). The van der Waals surface area contributed by atoms with Crippen LogP contribution >= 0.6 is 23.4 Å². The fraction of sp³-hybridized carbons (Fsp3) is 0.909. The van der Waals surface area contributed by atoms with Crippen molar-refractivity contribution in [1.82, 2.24) is 9.80 Å². The fourth-order valence-electron chi connectivity index (χ4n) is 1.95. The molecular formula is C11H21ClN2OS. The van der Waals surface area contributed by atoms with Crippen LogP contribution in [0.5, 0.6) is 0 Å². The summed E-state index contributed by atoms with van der Waals surface area (Å²) in [5.41, 5.74) is 0. The molecule has 0 spiro atoms. The molecular weight excluding hydrogens is 244 g/mol. The third-order valence-corrected chi connectivity index (χ3v) is 4.03. The first-order valence-corrected chi connectivity index (χ1v) is 7.42. The highest BCUT2D eigenvalue weighted by Crippen LogP contribution is 2.17. The summed E-state index contributed by atoms with van der Waals surface area (Å²) >= 11 is 7.60. The molecule has 0 aromatic carbocycles. The van der Waals surface area contributed by atoms with Gasteiger partial charge in [-0.2, -0.15) is 11.8 Å². The first-order chi connectivity index (χ1) is 7.65. The summed E-state index contributed by atoms with van der Waals surface area (Å²) in [5.74, 6) is 2.85. The van der Waals surface area contributed by atoms with Crippen LogP contribution in [0.1, 0.15) is 12.8 Å². The quantitative estimate of drug-likeness (QED) is 0.720. The van der Waals surface area contributed by atoms with E-state index in [4.69, 9.17) is 11.6 Å². The van der Waals surface area contributed by atoms with E-state index < -0.39 is 0 Å². The normalized spacial score (nSPS) is 22.2. The predicted octanol–water partition coefficient (Wildman–Crippen LogP) is 1.51. The lowest BCUT2D eigenvalue weighted by Crippen LogP contribution is -2.46. The Balaban J connectivity index is 2.61. The number of rotatable bonds is 4. The van der Waals surface area contributed by atoms with Crippen molar-refractivity contribution in [2.75, 3.05) is 44.6 Å². The molecule has 94 valence electrons. The van der Waals surface area contributed by atoms with Gasteiger partial charge < -0.3 is 9.80 Å². The van der Waals surface area contributed by atoms with Gasteiger partial charge >= 0.3 is 0 Å². The van der Waals surface area contributed by atoms with Crippen molar-refractivity contribution in [2.24, 2.45) is 0 Å². The maximum absolute atomic E-state index is 12.0. The van der Waals surface area contributed by atoms with Crippen LogP contribution in [0.4, 0.5) is 0 Å². The van der Waals surface area contributed by atoms with E-state index in [1.54, 1.807) is 0 Å². The maximum Gasteiger partial charge on any atom is 0.224 e. The van der Waals surface area contributed by atoms with Crippen LogP contribution in [-0.2, 0) is 4.79 Å². The van der Waals surface area contributed by atoms with Gasteiger partial charge in [-0.15, -0.1) is 11.6 Å². The van der Waals surface area contributed by atoms with Gasteiger partial charge in [-0.25, -0.2) is 0 Å². The number of carbonyl (C=O) groups excluding carboxylic acids is 1. The van der Waals surface area contributed by atoms with E-state index in [9.17, 15) is 4.79 Å². The van der Waals surface area contributed by atoms with E-state index >= 15 is 0 Å². The predicted molar refractivity (Wildman–Crippen MR) is 71.3 cm³/mol. The number of hydrogen-bond donors (Lipinski definition) is 0. The van der Waals surface area contributed by atoms with E-state index in [1.165, 1.54) is 0 Å². The molecule has 0 N–H and O–H groups in total. The van der Waals surface area contributed by atoms with Crippen LogP contribution in [0.3, 0.4) is 0 Å².